The summed E-state index contributed by atoms with van der Waals surface area (Å²) in [6.07, 6.45) is 0. The molecular weight excluding hydrogens is 357 g/mol. The minimum absolute atomic E-state index is 0.00122. The van der Waals surface area contributed by atoms with E-state index in [0.717, 1.165) is 11.3 Å². The topological polar surface area (TPSA) is 83.5 Å². The van der Waals surface area contributed by atoms with E-state index in [4.69, 9.17) is 28.3 Å². The molecule has 0 bridgehead atoms. The van der Waals surface area contributed by atoms with Crippen LogP contribution >= 0.6 is 34.5 Å². The van der Waals surface area contributed by atoms with E-state index < -0.39 is 16.0 Å². The van der Waals surface area contributed by atoms with Gasteiger partial charge in [0.1, 0.15) is 9.77 Å². The highest BCUT2D eigenvalue weighted by Gasteiger charge is 2.22. The Kier molecular flexibility index (Phi) is 4.48. The Morgan fingerprint density at radius 1 is 1.33 bits per heavy atom. The predicted molar refractivity (Wildman–Crippen MR) is 83.3 cm³/mol. The van der Waals surface area contributed by atoms with E-state index in [2.05, 4.69) is 4.72 Å². The SMILES string of the molecule is Cc1cc(S(=O)(=O)Nc2cccc(Cl)c2C(=O)O)sc1Cl. The van der Waals surface area contributed by atoms with Crippen molar-refractivity contribution < 1.29 is 18.3 Å². The number of sulfonamides is 1. The number of carbonyl (C=O) groups is 1. The van der Waals surface area contributed by atoms with Gasteiger partial charge in [-0.15, -0.1) is 11.3 Å². The normalized spacial score (nSPS) is 11.4. The smallest absolute Gasteiger partial charge is 0.339 e. The number of nitrogens with one attached hydrogen (secondary N) is 1. The zero-order chi connectivity index (χ0) is 15.8. The summed E-state index contributed by atoms with van der Waals surface area (Å²) in [5, 5.41) is 9.07. The molecule has 2 aromatic rings. The highest BCUT2D eigenvalue weighted by atomic mass is 35.5. The van der Waals surface area contributed by atoms with Crippen LogP contribution in [0.2, 0.25) is 9.36 Å². The molecule has 9 heteroatoms. The first-order valence-electron chi connectivity index (χ1n) is 5.53. The summed E-state index contributed by atoms with van der Waals surface area (Å²) in [6, 6.07) is 5.57. The van der Waals surface area contributed by atoms with E-state index in [0.29, 0.717) is 9.90 Å². The molecule has 0 atom stereocenters. The van der Waals surface area contributed by atoms with E-state index in [1.807, 2.05) is 0 Å². The molecule has 2 N–H and O–H groups in total. The van der Waals surface area contributed by atoms with Crippen molar-refractivity contribution in [2.75, 3.05) is 4.72 Å². The van der Waals surface area contributed by atoms with Gasteiger partial charge in [-0.05, 0) is 30.7 Å². The number of thiophene rings is 1. The molecule has 5 nitrogen and oxygen atoms in total. The van der Waals surface area contributed by atoms with Crippen molar-refractivity contribution in [3.05, 3.63) is 44.8 Å². The molecule has 112 valence electrons. The van der Waals surface area contributed by atoms with Crippen molar-refractivity contribution in [3.63, 3.8) is 0 Å². The molecule has 0 unspecified atom stereocenters. The Bertz CT molecular complexity index is 795. The standard InChI is InChI=1S/C12H9Cl2NO4S2/c1-6-5-9(20-11(6)14)21(18,19)15-8-4-2-3-7(13)10(8)12(16)17/h2-5,15H,1H3,(H,16,17). The number of benzene rings is 1. The van der Waals surface area contributed by atoms with Crippen molar-refractivity contribution in [2.24, 2.45) is 0 Å². The van der Waals surface area contributed by atoms with E-state index in [-0.39, 0.29) is 20.5 Å². The first kappa shape index (κ1) is 16.1. The zero-order valence-corrected chi connectivity index (χ0v) is 13.7. The molecule has 1 heterocycles. The van der Waals surface area contributed by atoms with Gasteiger partial charge in [0.25, 0.3) is 10.0 Å². The molecule has 21 heavy (non-hydrogen) atoms. The van der Waals surface area contributed by atoms with Crippen LogP contribution in [0.25, 0.3) is 0 Å². The van der Waals surface area contributed by atoms with Gasteiger partial charge in [-0.1, -0.05) is 29.3 Å². The molecule has 1 aromatic heterocycles. The van der Waals surface area contributed by atoms with Crippen molar-refractivity contribution >= 4 is 56.2 Å². The van der Waals surface area contributed by atoms with Crippen LogP contribution in [-0.4, -0.2) is 19.5 Å². The molecule has 0 aliphatic heterocycles. The minimum atomic E-state index is -3.93. The Morgan fingerprint density at radius 3 is 2.52 bits per heavy atom. The number of rotatable bonds is 4. The summed E-state index contributed by atoms with van der Waals surface area (Å²) in [7, 11) is -3.93. The maximum absolute atomic E-state index is 12.3. The van der Waals surface area contributed by atoms with Crippen LogP contribution in [0, 0.1) is 6.92 Å². The van der Waals surface area contributed by atoms with Gasteiger partial charge in [-0.25, -0.2) is 13.2 Å². The van der Waals surface area contributed by atoms with E-state index in [9.17, 15) is 13.2 Å². The van der Waals surface area contributed by atoms with Gasteiger partial charge in [0, 0.05) is 0 Å². The average molecular weight is 366 g/mol. The van der Waals surface area contributed by atoms with Crippen LogP contribution in [0.1, 0.15) is 15.9 Å². The van der Waals surface area contributed by atoms with Crippen molar-refractivity contribution in [1.29, 1.82) is 0 Å². The second-order valence-corrected chi connectivity index (χ2v) is 8.07. The quantitative estimate of drug-likeness (QED) is 0.861. The van der Waals surface area contributed by atoms with Crippen LogP contribution < -0.4 is 4.72 Å². The summed E-state index contributed by atoms with van der Waals surface area (Å²) >= 11 is 12.5. The largest absolute Gasteiger partial charge is 0.478 e. The van der Waals surface area contributed by atoms with Crippen LogP contribution in [0.3, 0.4) is 0 Å². The maximum Gasteiger partial charge on any atom is 0.339 e. The average Bonchev–Trinajstić information content (AvgIpc) is 2.69. The number of halogens is 2. The predicted octanol–water partition coefficient (Wildman–Crippen LogP) is 3.86. The second-order valence-electron chi connectivity index (χ2n) is 4.10. The molecule has 1 aromatic carbocycles. The van der Waals surface area contributed by atoms with Crippen LogP contribution in [0.4, 0.5) is 5.69 Å². The lowest BCUT2D eigenvalue weighted by molar-refractivity contribution is 0.0698. The van der Waals surface area contributed by atoms with Gasteiger partial charge in [-0.3, -0.25) is 4.72 Å². The lowest BCUT2D eigenvalue weighted by Gasteiger charge is -2.10. The fourth-order valence-corrected chi connectivity index (χ4v) is 4.62. The van der Waals surface area contributed by atoms with Gasteiger partial charge < -0.3 is 5.11 Å². The van der Waals surface area contributed by atoms with E-state index in [1.54, 1.807) is 6.92 Å². The monoisotopic (exact) mass is 365 g/mol. The fraction of sp³-hybridized carbons (Fsp3) is 0.0833. The maximum atomic E-state index is 12.3. The molecule has 0 fully saturated rings. The van der Waals surface area contributed by atoms with Gasteiger partial charge in [0.2, 0.25) is 0 Å². The number of hydrogen-bond acceptors (Lipinski definition) is 4. The third-order valence-electron chi connectivity index (χ3n) is 2.57. The third kappa shape index (κ3) is 3.32. The van der Waals surface area contributed by atoms with Gasteiger partial charge in [0.05, 0.1) is 15.0 Å². The van der Waals surface area contributed by atoms with E-state index in [1.165, 1.54) is 24.3 Å². The lowest BCUT2D eigenvalue weighted by Crippen LogP contribution is -2.14. The molecule has 0 aliphatic rings. The number of anilines is 1. The minimum Gasteiger partial charge on any atom is -0.478 e. The Morgan fingerprint density at radius 2 is 2.00 bits per heavy atom. The summed E-state index contributed by atoms with van der Waals surface area (Å²) in [5.41, 5.74) is 0.228. The molecule has 0 aliphatic carbocycles. The number of carboxylic acid groups (broad SMARTS) is 1. The van der Waals surface area contributed by atoms with Crippen LogP contribution in [0.15, 0.2) is 28.5 Å². The molecule has 0 amide bonds. The number of aryl methyl sites for hydroxylation is 1. The number of aromatic carboxylic acids is 1. The number of carboxylic acids is 1. The summed E-state index contributed by atoms with van der Waals surface area (Å²) in [6.45, 7) is 1.68. The highest BCUT2D eigenvalue weighted by molar-refractivity contribution is 7.94. The fourth-order valence-electron chi connectivity index (χ4n) is 1.59. The van der Waals surface area contributed by atoms with Crippen molar-refractivity contribution in [3.8, 4) is 0 Å². The first-order chi connectivity index (χ1) is 9.72. The lowest BCUT2D eigenvalue weighted by atomic mass is 10.2. The summed E-state index contributed by atoms with van der Waals surface area (Å²) in [4.78, 5) is 11.2. The molecule has 2 rings (SSSR count). The zero-order valence-electron chi connectivity index (χ0n) is 10.6. The summed E-state index contributed by atoms with van der Waals surface area (Å²) in [5.74, 6) is -1.32. The Balaban J connectivity index is 2.47. The molecule has 0 radical (unpaired) electrons. The Hall–Kier alpha value is -1.28. The van der Waals surface area contributed by atoms with E-state index >= 15 is 0 Å². The van der Waals surface area contributed by atoms with Crippen LogP contribution in [-0.2, 0) is 10.0 Å². The Labute approximate surface area is 135 Å². The molecule has 0 saturated carbocycles. The van der Waals surface area contributed by atoms with Gasteiger partial charge in [-0.2, -0.15) is 0 Å². The highest BCUT2D eigenvalue weighted by Crippen LogP contribution is 2.32. The molecule has 0 saturated heterocycles. The van der Waals surface area contributed by atoms with Crippen LogP contribution in [0.5, 0.6) is 0 Å². The number of hydrogen-bond donors (Lipinski definition) is 2. The molecule has 0 spiro atoms. The third-order valence-corrected chi connectivity index (χ3v) is 6.28. The molecular formula is C12H9Cl2NO4S2. The van der Waals surface area contributed by atoms with Crippen molar-refractivity contribution in [2.45, 2.75) is 11.1 Å². The second kappa shape index (κ2) is 5.84. The van der Waals surface area contributed by atoms with Gasteiger partial charge >= 0.3 is 5.97 Å². The first-order valence-corrected chi connectivity index (χ1v) is 8.58. The summed E-state index contributed by atoms with van der Waals surface area (Å²) < 4.78 is 27.1. The van der Waals surface area contributed by atoms with Gasteiger partial charge in [0.15, 0.2) is 0 Å². The van der Waals surface area contributed by atoms with Crippen molar-refractivity contribution in [1.82, 2.24) is 0 Å².